The molecule has 9 heteroatoms. The van der Waals surface area contributed by atoms with E-state index < -0.39 is 0 Å². The van der Waals surface area contributed by atoms with E-state index in [1.54, 1.807) is 13.3 Å². The Kier molecular flexibility index (Phi) is 7.51. The molecule has 1 aliphatic heterocycles. The highest BCUT2D eigenvalue weighted by molar-refractivity contribution is 6.02. The first kappa shape index (κ1) is 26.2. The fraction of sp³-hybridized carbons (Fsp3) is 0.300. The maximum Gasteiger partial charge on any atom is 0.247 e. The van der Waals surface area contributed by atoms with Crippen LogP contribution >= 0.6 is 0 Å². The average Bonchev–Trinajstić information content (AvgIpc) is 3.32. The van der Waals surface area contributed by atoms with Crippen LogP contribution in [0.3, 0.4) is 0 Å². The zero-order valence-electron chi connectivity index (χ0n) is 23.0. The molecule has 2 aromatic carbocycles. The molecular weight excluding hydrogens is 490 g/mol. The molecule has 0 unspecified atom stereocenters. The number of nitrogens with zero attached hydrogens (tertiary/aromatic N) is 5. The molecular formula is C30H35N7O2. The molecule has 39 heavy (non-hydrogen) atoms. The number of hydrogen-bond acceptors (Lipinski definition) is 7. The normalized spacial score (nSPS) is 12.4. The Hall–Kier alpha value is -4.37. The fourth-order valence-corrected chi connectivity index (χ4v) is 5.06. The SMILES string of the molecule is C=CC(=O)Nc1cc(Nc2nccc(-c3cn4c5c(cccc35)CCC4)n2)c(OC)cc1N(C)CCN(C)C. The molecule has 2 N–H and O–H groups in total. The zero-order valence-corrected chi connectivity index (χ0v) is 23.0. The first-order valence-electron chi connectivity index (χ1n) is 13.1. The van der Waals surface area contributed by atoms with E-state index in [4.69, 9.17) is 9.72 Å². The van der Waals surface area contributed by atoms with Crippen LogP contribution in [0.4, 0.5) is 23.0 Å². The highest BCUT2D eigenvalue weighted by Crippen LogP contribution is 2.39. The topological polar surface area (TPSA) is 87.5 Å². The van der Waals surface area contributed by atoms with Gasteiger partial charge in [0, 0.05) is 56.1 Å². The lowest BCUT2D eigenvalue weighted by atomic mass is 10.0. The number of carbonyl (C=O) groups excluding carboxylic acids is 1. The summed E-state index contributed by atoms with van der Waals surface area (Å²) in [5.74, 6) is 0.756. The summed E-state index contributed by atoms with van der Waals surface area (Å²) in [6, 6.07) is 12.2. The largest absolute Gasteiger partial charge is 0.494 e. The van der Waals surface area contributed by atoms with Crippen LogP contribution in [0.2, 0.25) is 0 Å². The van der Waals surface area contributed by atoms with Crippen LogP contribution in [0.1, 0.15) is 12.0 Å². The van der Waals surface area contributed by atoms with Crippen LogP contribution in [0.25, 0.3) is 22.2 Å². The minimum absolute atomic E-state index is 0.292. The van der Waals surface area contributed by atoms with E-state index in [9.17, 15) is 4.79 Å². The van der Waals surface area contributed by atoms with Gasteiger partial charge in [-0.25, -0.2) is 9.97 Å². The summed E-state index contributed by atoms with van der Waals surface area (Å²) >= 11 is 0. The first-order chi connectivity index (χ1) is 18.9. The number of carbonyl (C=O) groups is 1. The van der Waals surface area contributed by atoms with Crippen molar-refractivity contribution in [3.05, 3.63) is 67.0 Å². The number of rotatable bonds is 10. The van der Waals surface area contributed by atoms with Crippen molar-refractivity contribution >= 4 is 39.8 Å². The summed E-state index contributed by atoms with van der Waals surface area (Å²) < 4.78 is 8.07. The Balaban J connectivity index is 1.50. The molecule has 0 spiro atoms. The van der Waals surface area contributed by atoms with Crippen LogP contribution in [0, 0.1) is 0 Å². The van der Waals surface area contributed by atoms with Gasteiger partial charge in [0.05, 0.1) is 35.4 Å². The third-order valence-corrected chi connectivity index (χ3v) is 7.06. The molecule has 3 heterocycles. The monoisotopic (exact) mass is 525 g/mol. The summed E-state index contributed by atoms with van der Waals surface area (Å²) in [5, 5.41) is 7.45. The number of aryl methyl sites for hydroxylation is 2. The minimum Gasteiger partial charge on any atom is -0.494 e. The van der Waals surface area contributed by atoms with Crippen LogP contribution < -0.4 is 20.3 Å². The van der Waals surface area contributed by atoms with Crippen LogP contribution in [-0.4, -0.2) is 66.7 Å². The molecule has 0 radical (unpaired) electrons. The summed E-state index contributed by atoms with van der Waals surface area (Å²) in [4.78, 5) is 25.8. The van der Waals surface area contributed by atoms with Crippen molar-refractivity contribution in [2.45, 2.75) is 19.4 Å². The van der Waals surface area contributed by atoms with E-state index in [1.807, 2.05) is 39.3 Å². The van der Waals surface area contributed by atoms with E-state index in [-0.39, 0.29) is 5.91 Å². The second-order valence-electron chi connectivity index (χ2n) is 10.0. The number of para-hydroxylation sites is 1. The van der Waals surface area contributed by atoms with Crippen molar-refractivity contribution in [2.24, 2.45) is 0 Å². The highest BCUT2D eigenvalue weighted by atomic mass is 16.5. The Morgan fingerprint density at radius 1 is 1.18 bits per heavy atom. The van der Waals surface area contributed by atoms with Gasteiger partial charge in [-0.3, -0.25) is 4.79 Å². The summed E-state index contributed by atoms with van der Waals surface area (Å²) in [6.45, 7) is 6.22. The van der Waals surface area contributed by atoms with Crippen LogP contribution in [-0.2, 0) is 17.8 Å². The van der Waals surface area contributed by atoms with E-state index in [0.29, 0.717) is 23.1 Å². The summed E-state index contributed by atoms with van der Waals surface area (Å²) in [5.41, 5.74) is 6.71. The fourth-order valence-electron chi connectivity index (χ4n) is 5.06. The van der Waals surface area contributed by atoms with Gasteiger partial charge < -0.3 is 29.7 Å². The van der Waals surface area contributed by atoms with Gasteiger partial charge in [0.2, 0.25) is 11.9 Å². The number of hydrogen-bond donors (Lipinski definition) is 2. The molecule has 0 atom stereocenters. The van der Waals surface area contributed by atoms with Crippen molar-refractivity contribution in [2.75, 3.05) is 56.9 Å². The number of likely N-dealkylation sites (N-methyl/N-ethyl adjacent to an activating group) is 2. The number of methoxy groups -OCH3 is 1. The predicted molar refractivity (Wildman–Crippen MR) is 158 cm³/mol. The standard InChI is InChI=1S/C30H35N7O2/c1-6-28(38)32-24-17-25(27(39-5)18-26(24)36(4)16-15-35(2)3)34-30-31-13-12-23(33-30)22-19-37-14-8-10-20-9-7-11-21(22)29(20)37/h6-7,9,11-13,17-19H,1,8,10,14-16H2,2-5H3,(H,32,38)(H,31,33,34). The number of nitrogens with one attached hydrogen (secondary N) is 2. The lowest BCUT2D eigenvalue weighted by molar-refractivity contribution is -0.111. The van der Waals surface area contributed by atoms with E-state index in [2.05, 4.69) is 61.0 Å². The molecule has 0 saturated carbocycles. The van der Waals surface area contributed by atoms with Crippen LogP contribution in [0.5, 0.6) is 5.75 Å². The molecule has 0 aliphatic carbocycles. The number of amides is 1. The van der Waals surface area contributed by atoms with E-state index in [1.165, 1.54) is 22.5 Å². The second kappa shape index (κ2) is 11.2. The molecule has 9 nitrogen and oxygen atoms in total. The Labute approximate surface area is 229 Å². The van der Waals surface area contributed by atoms with Gasteiger partial charge in [-0.2, -0.15) is 0 Å². The summed E-state index contributed by atoms with van der Waals surface area (Å²) in [7, 11) is 7.66. The molecule has 2 aromatic heterocycles. The molecule has 1 aliphatic rings. The molecule has 1 amide bonds. The van der Waals surface area contributed by atoms with Gasteiger partial charge >= 0.3 is 0 Å². The number of ether oxygens (including phenoxy) is 1. The average molecular weight is 526 g/mol. The third-order valence-electron chi connectivity index (χ3n) is 7.06. The molecule has 0 fully saturated rings. The van der Waals surface area contributed by atoms with E-state index in [0.717, 1.165) is 49.4 Å². The number of anilines is 4. The van der Waals surface area contributed by atoms with Crippen molar-refractivity contribution in [1.82, 2.24) is 19.4 Å². The van der Waals surface area contributed by atoms with Gasteiger partial charge in [0.25, 0.3) is 0 Å². The predicted octanol–water partition coefficient (Wildman–Crippen LogP) is 4.92. The zero-order chi connectivity index (χ0) is 27.5. The highest BCUT2D eigenvalue weighted by Gasteiger charge is 2.19. The third kappa shape index (κ3) is 5.44. The second-order valence-corrected chi connectivity index (χ2v) is 10.0. The Morgan fingerprint density at radius 2 is 2.03 bits per heavy atom. The van der Waals surface area contributed by atoms with Gasteiger partial charge in [-0.15, -0.1) is 0 Å². The number of benzene rings is 2. The van der Waals surface area contributed by atoms with Crippen molar-refractivity contribution in [3.8, 4) is 17.0 Å². The quantitative estimate of drug-likeness (QED) is 0.284. The van der Waals surface area contributed by atoms with Gasteiger partial charge in [0.15, 0.2) is 0 Å². The molecule has 4 aromatic rings. The molecule has 0 bridgehead atoms. The Morgan fingerprint density at radius 3 is 2.79 bits per heavy atom. The Bertz CT molecular complexity index is 1530. The molecule has 202 valence electrons. The maximum absolute atomic E-state index is 12.3. The maximum atomic E-state index is 12.3. The van der Waals surface area contributed by atoms with Gasteiger partial charge in [-0.1, -0.05) is 24.8 Å². The molecule has 0 saturated heterocycles. The van der Waals surface area contributed by atoms with E-state index >= 15 is 0 Å². The van der Waals surface area contributed by atoms with Crippen molar-refractivity contribution in [1.29, 1.82) is 0 Å². The smallest absolute Gasteiger partial charge is 0.247 e. The van der Waals surface area contributed by atoms with Crippen molar-refractivity contribution < 1.29 is 9.53 Å². The summed E-state index contributed by atoms with van der Waals surface area (Å²) in [6.07, 6.45) is 7.45. The molecule has 5 rings (SSSR count). The lowest BCUT2D eigenvalue weighted by Crippen LogP contribution is -2.29. The minimum atomic E-state index is -0.292. The first-order valence-corrected chi connectivity index (χ1v) is 13.1. The van der Waals surface area contributed by atoms with Crippen LogP contribution in [0.15, 0.2) is 61.4 Å². The lowest BCUT2D eigenvalue weighted by Gasteiger charge is -2.26. The van der Waals surface area contributed by atoms with Crippen molar-refractivity contribution in [3.63, 3.8) is 0 Å². The number of aromatic nitrogens is 3. The van der Waals surface area contributed by atoms with Gasteiger partial charge in [0.1, 0.15) is 5.75 Å². The van der Waals surface area contributed by atoms with Gasteiger partial charge in [-0.05, 0) is 50.7 Å².